The number of carbonyl (C=O) groups is 2. The van der Waals surface area contributed by atoms with Crippen molar-refractivity contribution in [3.05, 3.63) is 36.0 Å². The number of hydrogen-bond donors (Lipinski definition) is 2. The van der Waals surface area contributed by atoms with Crippen molar-refractivity contribution < 1.29 is 14.7 Å². The van der Waals surface area contributed by atoms with E-state index in [1.54, 1.807) is 11.0 Å². The minimum atomic E-state index is -0.896. The second-order valence-corrected chi connectivity index (χ2v) is 4.31. The zero-order valence-corrected chi connectivity index (χ0v) is 10.7. The first-order valence-electron chi connectivity index (χ1n) is 6.20. The lowest BCUT2D eigenvalue weighted by molar-refractivity contribution is -0.137. The van der Waals surface area contributed by atoms with Crippen LogP contribution in [-0.2, 0) is 4.79 Å². The Morgan fingerprint density at radius 3 is 2.79 bits per heavy atom. The second-order valence-electron chi connectivity index (χ2n) is 4.31. The molecule has 0 saturated carbocycles. The van der Waals surface area contributed by atoms with Gasteiger partial charge < -0.3 is 15.0 Å². The van der Waals surface area contributed by atoms with Crippen LogP contribution in [0.1, 0.15) is 23.7 Å². The first-order valence-corrected chi connectivity index (χ1v) is 6.20. The number of aromatic nitrogens is 1. The fraction of sp³-hybridized carbons (Fsp3) is 0.286. The molecule has 1 heterocycles. The number of nitrogens with one attached hydrogen (secondary N) is 1. The Bertz CT molecular complexity index is 604. The van der Waals surface area contributed by atoms with E-state index in [0.717, 1.165) is 10.9 Å². The van der Waals surface area contributed by atoms with Crippen LogP contribution >= 0.6 is 0 Å². The van der Waals surface area contributed by atoms with Crippen molar-refractivity contribution in [2.45, 2.75) is 13.3 Å². The number of benzene rings is 1. The number of hydrogen-bond acceptors (Lipinski definition) is 2. The Labute approximate surface area is 110 Å². The summed E-state index contributed by atoms with van der Waals surface area (Å²) >= 11 is 0. The Kier molecular flexibility index (Phi) is 3.85. The lowest BCUT2D eigenvalue weighted by Gasteiger charge is -2.20. The molecule has 5 nitrogen and oxygen atoms in total. The summed E-state index contributed by atoms with van der Waals surface area (Å²) in [6.45, 7) is 2.57. The van der Waals surface area contributed by atoms with Gasteiger partial charge in [-0.05, 0) is 31.2 Å². The number of rotatable bonds is 5. The van der Waals surface area contributed by atoms with E-state index in [9.17, 15) is 9.59 Å². The SMILES string of the molecule is CCN(CCC(=O)O)C(=O)c1ccc2[nH]ccc2c1. The average Bonchev–Trinajstić information content (AvgIpc) is 2.85. The van der Waals surface area contributed by atoms with E-state index in [0.29, 0.717) is 12.1 Å². The number of aromatic amines is 1. The molecule has 0 unspecified atom stereocenters. The van der Waals surface area contributed by atoms with Gasteiger partial charge in [0.25, 0.3) is 5.91 Å². The summed E-state index contributed by atoms with van der Waals surface area (Å²) in [5.74, 6) is -1.03. The molecule has 0 fully saturated rings. The van der Waals surface area contributed by atoms with Gasteiger partial charge in [0, 0.05) is 35.8 Å². The lowest BCUT2D eigenvalue weighted by atomic mass is 10.1. The molecule has 1 amide bonds. The van der Waals surface area contributed by atoms with Crippen LogP contribution in [0.25, 0.3) is 10.9 Å². The van der Waals surface area contributed by atoms with Gasteiger partial charge >= 0.3 is 5.97 Å². The lowest BCUT2D eigenvalue weighted by Crippen LogP contribution is -2.32. The quantitative estimate of drug-likeness (QED) is 0.864. The molecule has 0 bridgehead atoms. The number of carbonyl (C=O) groups excluding carboxylic acids is 1. The minimum Gasteiger partial charge on any atom is -0.481 e. The first kappa shape index (κ1) is 13.1. The molecule has 0 spiro atoms. The number of H-pyrrole nitrogens is 1. The number of nitrogens with zero attached hydrogens (tertiary/aromatic N) is 1. The monoisotopic (exact) mass is 260 g/mol. The van der Waals surface area contributed by atoms with Crippen LogP contribution in [0.5, 0.6) is 0 Å². The largest absolute Gasteiger partial charge is 0.481 e. The van der Waals surface area contributed by atoms with Crippen molar-refractivity contribution in [1.29, 1.82) is 0 Å². The highest BCUT2D eigenvalue weighted by atomic mass is 16.4. The third-order valence-electron chi connectivity index (χ3n) is 3.06. The topological polar surface area (TPSA) is 73.4 Å². The van der Waals surface area contributed by atoms with Gasteiger partial charge in [0.1, 0.15) is 0 Å². The molecule has 0 aliphatic carbocycles. The Morgan fingerprint density at radius 1 is 1.32 bits per heavy atom. The zero-order valence-electron chi connectivity index (χ0n) is 10.7. The number of aliphatic carboxylic acids is 1. The molecule has 19 heavy (non-hydrogen) atoms. The van der Waals surface area contributed by atoms with Crippen molar-refractivity contribution in [2.75, 3.05) is 13.1 Å². The smallest absolute Gasteiger partial charge is 0.305 e. The molecular weight excluding hydrogens is 244 g/mol. The van der Waals surface area contributed by atoms with Gasteiger partial charge in [0.05, 0.1) is 6.42 Å². The number of carboxylic acids is 1. The Balaban J connectivity index is 2.18. The van der Waals surface area contributed by atoms with Crippen molar-refractivity contribution >= 4 is 22.8 Å². The zero-order chi connectivity index (χ0) is 13.8. The molecular formula is C14H16N2O3. The first-order chi connectivity index (χ1) is 9.11. The summed E-state index contributed by atoms with van der Waals surface area (Å²) in [5.41, 5.74) is 1.56. The standard InChI is InChI=1S/C14H16N2O3/c1-2-16(8-6-13(17)18)14(19)11-3-4-12-10(9-11)5-7-15-12/h3-5,7,9,15H,2,6,8H2,1H3,(H,17,18). The molecule has 100 valence electrons. The number of carboxylic acid groups (broad SMARTS) is 1. The van der Waals surface area contributed by atoms with E-state index >= 15 is 0 Å². The minimum absolute atomic E-state index is 0.0357. The molecule has 5 heteroatoms. The normalized spacial score (nSPS) is 10.6. The van der Waals surface area contributed by atoms with Gasteiger partial charge in [0.15, 0.2) is 0 Å². The van der Waals surface area contributed by atoms with Crippen molar-refractivity contribution in [3.8, 4) is 0 Å². The van der Waals surface area contributed by atoms with Crippen molar-refractivity contribution in [2.24, 2.45) is 0 Å². The van der Waals surface area contributed by atoms with Crippen LogP contribution in [0.4, 0.5) is 0 Å². The summed E-state index contributed by atoms with van der Waals surface area (Å²) in [4.78, 5) is 27.5. The van der Waals surface area contributed by atoms with Crippen molar-refractivity contribution in [1.82, 2.24) is 9.88 Å². The molecule has 0 aliphatic heterocycles. The third-order valence-corrected chi connectivity index (χ3v) is 3.06. The van der Waals surface area contributed by atoms with Crippen LogP contribution in [0.2, 0.25) is 0 Å². The fourth-order valence-electron chi connectivity index (χ4n) is 2.00. The molecule has 2 N–H and O–H groups in total. The number of amides is 1. The predicted molar refractivity (Wildman–Crippen MR) is 72.1 cm³/mol. The molecule has 2 aromatic rings. The average molecular weight is 260 g/mol. The van der Waals surface area contributed by atoms with E-state index in [2.05, 4.69) is 4.98 Å². The van der Waals surface area contributed by atoms with Crippen molar-refractivity contribution in [3.63, 3.8) is 0 Å². The van der Waals surface area contributed by atoms with E-state index in [4.69, 9.17) is 5.11 Å². The molecule has 0 aliphatic rings. The van der Waals surface area contributed by atoms with Gasteiger partial charge in [-0.15, -0.1) is 0 Å². The Hall–Kier alpha value is -2.30. The highest BCUT2D eigenvalue weighted by Gasteiger charge is 2.15. The van der Waals surface area contributed by atoms with Crippen LogP contribution in [0, 0.1) is 0 Å². The highest BCUT2D eigenvalue weighted by molar-refractivity contribution is 5.98. The second kappa shape index (κ2) is 5.56. The highest BCUT2D eigenvalue weighted by Crippen LogP contribution is 2.15. The molecule has 0 atom stereocenters. The molecule has 2 rings (SSSR count). The van der Waals surface area contributed by atoms with Crippen LogP contribution in [0.15, 0.2) is 30.5 Å². The third kappa shape index (κ3) is 2.93. The molecule has 0 saturated heterocycles. The Morgan fingerprint density at radius 2 is 2.11 bits per heavy atom. The molecule has 1 aromatic carbocycles. The summed E-state index contributed by atoms with van der Waals surface area (Å²) in [6.07, 6.45) is 1.78. The van der Waals surface area contributed by atoms with Crippen LogP contribution < -0.4 is 0 Å². The summed E-state index contributed by atoms with van der Waals surface area (Å²) in [7, 11) is 0. The molecule has 1 aromatic heterocycles. The van der Waals surface area contributed by atoms with Crippen LogP contribution in [-0.4, -0.2) is 40.0 Å². The van der Waals surface area contributed by atoms with Gasteiger partial charge in [-0.3, -0.25) is 9.59 Å². The van der Waals surface area contributed by atoms with E-state index in [1.165, 1.54) is 0 Å². The fourth-order valence-corrected chi connectivity index (χ4v) is 2.00. The van der Waals surface area contributed by atoms with E-state index in [-0.39, 0.29) is 18.9 Å². The summed E-state index contributed by atoms with van der Waals surface area (Å²) < 4.78 is 0. The van der Waals surface area contributed by atoms with Crippen LogP contribution in [0.3, 0.4) is 0 Å². The maximum Gasteiger partial charge on any atom is 0.305 e. The van der Waals surface area contributed by atoms with E-state index < -0.39 is 5.97 Å². The maximum atomic E-state index is 12.3. The molecule has 0 radical (unpaired) electrons. The maximum absolute atomic E-state index is 12.3. The van der Waals surface area contributed by atoms with Gasteiger partial charge in [-0.25, -0.2) is 0 Å². The summed E-state index contributed by atoms with van der Waals surface area (Å²) in [5, 5.41) is 9.65. The van der Waals surface area contributed by atoms with E-state index in [1.807, 2.05) is 31.3 Å². The van der Waals surface area contributed by atoms with Gasteiger partial charge in [-0.1, -0.05) is 0 Å². The van der Waals surface area contributed by atoms with Gasteiger partial charge in [-0.2, -0.15) is 0 Å². The predicted octanol–water partition coefficient (Wildman–Crippen LogP) is 2.10. The van der Waals surface area contributed by atoms with Gasteiger partial charge in [0.2, 0.25) is 0 Å². The summed E-state index contributed by atoms with van der Waals surface area (Å²) in [6, 6.07) is 7.33. The number of fused-ring (bicyclic) bond motifs is 1.